The van der Waals surface area contributed by atoms with Crippen LogP contribution in [-0.2, 0) is 4.74 Å². The highest BCUT2D eigenvalue weighted by Crippen LogP contribution is 2.37. The van der Waals surface area contributed by atoms with Gasteiger partial charge in [0.1, 0.15) is 19.2 Å². The zero-order valence-corrected chi connectivity index (χ0v) is 16.4. The molecular formula is C17H22BrNOS2. The van der Waals surface area contributed by atoms with Crippen molar-refractivity contribution in [3.05, 3.63) is 50.4 Å². The normalized spacial score (nSPS) is 20.5. The van der Waals surface area contributed by atoms with Gasteiger partial charge < -0.3 is 26.2 Å². The van der Waals surface area contributed by atoms with E-state index in [1.54, 1.807) is 0 Å². The third kappa shape index (κ3) is 3.89. The SMILES string of the molecule is CO[C@@H]1CC(=C(c2cccs2)c2cccs2)C[N+](C)(C)C1.[Br-]. The molecule has 2 nitrogen and oxygen atoms in total. The van der Waals surface area contributed by atoms with Crippen LogP contribution in [0.5, 0.6) is 0 Å². The zero-order valence-electron chi connectivity index (χ0n) is 13.2. The Balaban J connectivity index is 0.00000176. The number of halogens is 1. The number of piperidine rings is 1. The topological polar surface area (TPSA) is 9.23 Å². The van der Waals surface area contributed by atoms with E-state index in [1.165, 1.54) is 20.9 Å². The Labute approximate surface area is 151 Å². The van der Waals surface area contributed by atoms with Gasteiger partial charge in [0, 0.05) is 28.9 Å². The Morgan fingerprint density at radius 2 is 1.73 bits per heavy atom. The first-order valence-corrected chi connectivity index (χ1v) is 8.99. The third-order valence-electron chi connectivity index (χ3n) is 4.01. The maximum Gasteiger partial charge on any atom is 0.110 e. The monoisotopic (exact) mass is 399 g/mol. The fraction of sp³-hybridized carbons (Fsp3) is 0.412. The number of rotatable bonds is 3. The van der Waals surface area contributed by atoms with Crippen LogP contribution in [0.25, 0.3) is 5.57 Å². The summed E-state index contributed by atoms with van der Waals surface area (Å²) in [7, 11) is 6.43. The first kappa shape index (κ1) is 17.9. The predicted molar refractivity (Wildman–Crippen MR) is 91.9 cm³/mol. The largest absolute Gasteiger partial charge is 1.00 e. The Bertz CT molecular complexity index is 581. The molecular weight excluding hydrogens is 378 g/mol. The van der Waals surface area contributed by atoms with Crippen LogP contribution in [0.4, 0.5) is 0 Å². The van der Waals surface area contributed by atoms with E-state index in [9.17, 15) is 0 Å². The molecule has 3 rings (SSSR count). The van der Waals surface area contributed by atoms with Gasteiger partial charge in [0.05, 0.1) is 14.1 Å². The maximum atomic E-state index is 5.70. The van der Waals surface area contributed by atoms with E-state index in [1.807, 2.05) is 29.8 Å². The molecule has 22 heavy (non-hydrogen) atoms. The van der Waals surface area contributed by atoms with Crippen molar-refractivity contribution in [2.24, 2.45) is 0 Å². The summed E-state index contributed by atoms with van der Waals surface area (Å²) in [4.78, 5) is 2.76. The lowest BCUT2D eigenvalue weighted by Gasteiger charge is -2.39. The Hall–Kier alpha value is -0.460. The summed E-state index contributed by atoms with van der Waals surface area (Å²) in [5, 5.41) is 4.33. The highest BCUT2D eigenvalue weighted by Gasteiger charge is 2.33. The van der Waals surface area contributed by atoms with E-state index in [-0.39, 0.29) is 17.0 Å². The van der Waals surface area contributed by atoms with Crippen molar-refractivity contribution >= 4 is 28.2 Å². The number of likely N-dealkylation sites (tertiary alicyclic amines) is 1. The lowest BCUT2D eigenvalue weighted by atomic mass is 9.94. The summed E-state index contributed by atoms with van der Waals surface area (Å²) < 4.78 is 6.69. The molecule has 0 radical (unpaired) electrons. The minimum Gasteiger partial charge on any atom is -1.00 e. The molecule has 0 bridgehead atoms. The summed E-state index contributed by atoms with van der Waals surface area (Å²) in [6, 6.07) is 8.77. The lowest BCUT2D eigenvalue weighted by Crippen LogP contribution is -3.00. The van der Waals surface area contributed by atoms with Gasteiger partial charge in [0.25, 0.3) is 0 Å². The molecule has 2 aromatic heterocycles. The Morgan fingerprint density at radius 1 is 1.14 bits per heavy atom. The van der Waals surface area contributed by atoms with Gasteiger partial charge in [-0.2, -0.15) is 0 Å². The molecule has 0 saturated carbocycles. The van der Waals surface area contributed by atoms with Crippen LogP contribution in [0.3, 0.4) is 0 Å². The fourth-order valence-corrected chi connectivity index (χ4v) is 4.92. The summed E-state index contributed by atoms with van der Waals surface area (Å²) >= 11 is 3.67. The van der Waals surface area contributed by atoms with Gasteiger partial charge in [-0.25, -0.2) is 0 Å². The van der Waals surface area contributed by atoms with Gasteiger partial charge in [0.2, 0.25) is 0 Å². The minimum absolute atomic E-state index is 0. The number of methoxy groups -OCH3 is 1. The summed E-state index contributed by atoms with van der Waals surface area (Å²) in [6.45, 7) is 2.19. The van der Waals surface area contributed by atoms with Crippen LogP contribution in [0.2, 0.25) is 0 Å². The Kier molecular flexibility index (Phi) is 6.02. The van der Waals surface area contributed by atoms with Gasteiger partial charge >= 0.3 is 0 Å². The zero-order chi connectivity index (χ0) is 14.9. The average Bonchev–Trinajstić information content (AvgIpc) is 3.11. The van der Waals surface area contributed by atoms with Crippen molar-refractivity contribution in [2.75, 3.05) is 34.3 Å². The highest BCUT2D eigenvalue weighted by atomic mass is 79.9. The van der Waals surface area contributed by atoms with Crippen molar-refractivity contribution in [3.8, 4) is 0 Å². The van der Waals surface area contributed by atoms with Crippen LogP contribution < -0.4 is 17.0 Å². The van der Waals surface area contributed by atoms with Crippen LogP contribution in [-0.4, -0.2) is 44.9 Å². The smallest absolute Gasteiger partial charge is 0.110 e. The Morgan fingerprint density at radius 3 is 2.18 bits per heavy atom. The third-order valence-corrected chi connectivity index (χ3v) is 5.79. The first-order chi connectivity index (χ1) is 10.1. The molecule has 0 amide bonds. The summed E-state index contributed by atoms with van der Waals surface area (Å²) in [5.74, 6) is 0. The fourth-order valence-electron chi connectivity index (χ4n) is 3.19. The molecule has 1 saturated heterocycles. The van der Waals surface area contributed by atoms with Crippen molar-refractivity contribution < 1.29 is 26.2 Å². The second-order valence-electron chi connectivity index (χ2n) is 6.27. The molecule has 0 aromatic carbocycles. The van der Waals surface area contributed by atoms with Gasteiger partial charge in [-0.15, -0.1) is 22.7 Å². The van der Waals surface area contributed by atoms with Gasteiger partial charge in [0.15, 0.2) is 0 Å². The predicted octanol–water partition coefficient (Wildman–Crippen LogP) is 1.11. The molecule has 0 aliphatic carbocycles. The van der Waals surface area contributed by atoms with Crippen molar-refractivity contribution in [1.82, 2.24) is 0 Å². The number of likely N-dealkylation sites (N-methyl/N-ethyl adjacent to an activating group) is 1. The number of thiophene rings is 2. The molecule has 0 unspecified atom stereocenters. The molecule has 2 aromatic rings. The molecule has 1 aliphatic heterocycles. The van der Waals surface area contributed by atoms with Gasteiger partial charge in [-0.05, 0) is 28.5 Å². The summed E-state index contributed by atoms with van der Waals surface area (Å²) in [5.41, 5.74) is 2.97. The molecule has 3 heterocycles. The summed E-state index contributed by atoms with van der Waals surface area (Å²) in [6.07, 6.45) is 1.36. The van der Waals surface area contributed by atoms with Crippen LogP contribution in [0.15, 0.2) is 40.6 Å². The number of hydrogen-bond donors (Lipinski definition) is 0. The quantitative estimate of drug-likeness (QED) is 0.702. The molecule has 0 spiro atoms. The standard InChI is InChI=1S/C17H22NOS2.BrH/c1-18(2)11-13(10-14(12-18)19-3)17(15-6-4-8-20-15)16-7-5-9-21-16;/h4-9,14H,10-12H2,1-3H3;1H/q+1;/p-1/t14-;/m1./s1. The molecule has 1 atom stereocenters. The second kappa shape index (κ2) is 7.41. The average molecular weight is 400 g/mol. The second-order valence-corrected chi connectivity index (χ2v) is 8.17. The van der Waals surface area contributed by atoms with E-state index in [4.69, 9.17) is 4.74 Å². The first-order valence-electron chi connectivity index (χ1n) is 7.23. The van der Waals surface area contributed by atoms with Crippen LogP contribution >= 0.6 is 22.7 Å². The molecule has 5 heteroatoms. The number of hydrogen-bond acceptors (Lipinski definition) is 3. The van der Waals surface area contributed by atoms with E-state index in [2.05, 4.69) is 49.1 Å². The van der Waals surface area contributed by atoms with Gasteiger partial charge in [-0.1, -0.05) is 12.1 Å². The number of nitrogens with zero attached hydrogens (tertiary/aromatic N) is 1. The van der Waals surface area contributed by atoms with Crippen molar-refractivity contribution in [2.45, 2.75) is 12.5 Å². The van der Waals surface area contributed by atoms with E-state index in [0.717, 1.165) is 24.0 Å². The van der Waals surface area contributed by atoms with Crippen molar-refractivity contribution in [1.29, 1.82) is 0 Å². The molecule has 120 valence electrons. The maximum absolute atomic E-state index is 5.70. The van der Waals surface area contributed by atoms with Crippen LogP contribution in [0, 0.1) is 0 Å². The molecule has 0 N–H and O–H groups in total. The van der Waals surface area contributed by atoms with E-state index < -0.39 is 0 Å². The van der Waals surface area contributed by atoms with Gasteiger partial charge in [-0.3, -0.25) is 0 Å². The van der Waals surface area contributed by atoms with Crippen molar-refractivity contribution in [3.63, 3.8) is 0 Å². The van der Waals surface area contributed by atoms with E-state index >= 15 is 0 Å². The minimum atomic E-state index is 0. The van der Waals surface area contributed by atoms with Crippen LogP contribution in [0.1, 0.15) is 16.2 Å². The molecule has 1 aliphatic rings. The lowest BCUT2D eigenvalue weighted by molar-refractivity contribution is -0.892. The molecule has 1 fully saturated rings. The van der Waals surface area contributed by atoms with E-state index in [0.29, 0.717) is 6.10 Å². The number of quaternary nitrogens is 1. The highest BCUT2D eigenvalue weighted by molar-refractivity contribution is 7.13. The number of ether oxygens (including phenoxy) is 1.